The second-order valence-corrected chi connectivity index (χ2v) is 5.45. The molecule has 1 aromatic rings. The van der Waals surface area contributed by atoms with E-state index in [-0.39, 0.29) is 19.2 Å². The Labute approximate surface area is 126 Å². The van der Waals surface area contributed by atoms with E-state index in [1.54, 1.807) is 13.8 Å². The lowest BCUT2D eigenvalue weighted by Crippen LogP contribution is -2.34. The summed E-state index contributed by atoms with van der Waals surface area (Å²) in [6, 6.07) is 5.60. The number of carbonyl (C=O) groups excluding carboxylic acids is 1. The van der Waals surface area contributed by atoms with E-state index < -0.39 is 11.5 Å². The number of esters is 1. The van der Waals surface area contributed by atoms with Crippen LogP contribution >= 0.6 is 0 Å². The number of aryl methyl sites for hydroxylation is 1. The van der Waals surface area contributed by atoms with Gasteiger partial charge in [-0.2, -0.15) is 0 Å². The number of aliphatic hydroxyl groups excluding tert-OH is 1. The molecule has 114 valence electrons. The van der Waals surface area contributed by atoms with E-state index in [9.17, 15) is 9.90 Å². The Morgan fingerprint density at radius 2 is 2.14 bits per heavy atom. The van der Waals surface area contributed by atoms with Crippen LogP contribution in [0.25, 0.3) is 0 Å². The monoisotopic (exact) mass is 290 g/mol. The summed E-state index contributed by atoms with van der Waals surface area (Å²) >= 11 is 0. The summed E-state index contributed by atoms with van der Waals surface area (Å²) in [5.74, 6) is 2.03. The molecule has 0 aliphatic carbocycles. The highest BCUT2D eigenvalue weighted by Crippen LogP contribution is 2.38. The Bertz CT molecular complexity index is 540. The summed E-state index contributed by atoms with van der Waals surface area (Å²) in [6.45, 7) is 5.43. The standard InChI is InChI=1S/C17H22O4/c1-6-9-21-15(17(3,4)16(19)20-5)13-8-7-12(2)14(10-13)11-18/h1,7-8,10,15,18H,9,11H2,2-5H3. The van der Waals surface area contributed by atoms with Crippen molar-refractivity contribution in [1.29, 1.82) is 0 Å². The molecule has 1 rings (SSSR count). The summed E-state index contributed by atoms with van der Waals surface area (Å²) in [5.41, 5.74) is 1.67. The minimum atomic E-state index is -0.895. The number of carbonyl (C=O) groups is 1. The lowest BCUT2D eigenvalue weighted by atomic mass is 9.81. The third kappa shape index (κ3) is 3.84. The molecule has 0 bridgehead atoms. The summed E-state index contributed by atoms with van der Waals surface area (Å²) in [7, 11) is 1.34. The van der Waals surface area contributed by atoms with Crippen LogP contribution < -0.4 is 0 Å². The fourth-order valence-corrected chi connectivity index (χ4v) is 2.25. The number of ether oxygens (including phenoxy) is 2. The number of methoxy groups -OCH3 is 1. The molecule has 4 heteroatoms. The van der Waals surface area contributed by atoms with Crippen LogP contribution in [0.5, 0.6) is 0 Å². The van der Waals surface area contributed by atoms with Gasteiger partial charge in [-0.1, -0.05) is 24.1 Å². The van der Waals surface area contributed by atoms with Gasteiger partial charge in [0.05, 0.1) is 25.2 Å². The molecular weight excluding hydrogens is 268 g/mol. The Balaban J connectivity index is 3.25. The highest BCUT2D eigenvalue weighted by molar-refractivity contribution is 5.77. The second kappa shape index (κ2) is 7.26. The van der Waals surface area contributed by atoms with Crippen molar-refractivity contribution in [3.8, 4) is 12.3 Å². The number of hydrogen-bond acceptors (Lipinski definition) is 4. The zero-order valence-corrected chi connectivity index (χ0v) is 13.0. The predicted molar refractivity (Wildman–Crippen MR) is 80.4 cm³/mol. The Morgan fingerprint density at radius 3 is 2.67 bits per heavy atom. The third-order valence-electron chi connectivity index (χ3n) is 3.55. The van der Waals surface area contributed by atoms with Crippen LogP contribution in [-0.4, -0.2) is 24.8 Å². The van der Waals surface area contributed by atoms with Gasteiger partial charge in [0.15, 0.2) is 0 Å². The zero-order valence-electron chi connectivity index (χ0n) is 13.0. The maximum absolute atomic E-state index is 12.0. The summed E-state index contributed by atoms with van der Waals surface area (Å²) in [4.78, 5) is 12.0. The van der Waals surface area contributed by atoms with Crippen molar-refractivity contribution in [2.75, 3.05) is 13.7 Å². The topological polar surface area (TPSA) is 55.8 Å². The minimum Gasteiger partial charge on any atom is -0.469 e. The quantitative estimate of drug-likeness (QED) is 0.645. The smallest absolute Gasteiger partial charge is 0.314 e. The fourth-order valence-electron chi connectivity index (χ4n) is 2.25. The largest absolute Gasteiger partial charge is 0.469 e. The lowest BCUT2D eigenvalue weighted by molar-refractivity contribution is -0.160. The van der Waals surface area contributed by atoms with Crippen molar-refractivity contribution in [1.82, 2.24) is 0 Å². The number of hydrogen-bond donors (Lipinski definition) is 1. The number of terminal acetylenes is 1. The number of benzene rings is 1. The molecule has 1 unspecified atom stereocenters. The van der Waals surface area contributed by atoms with Gasteiger partial charge in [-0.05, 0) is 37.5 Å². The van der Waals surface area contributed by atoms with Crippen molar-refractivity contribution in [3.05, 3.63) is 34.9 Å². The molecule has 0 radical (unpaired) electrons. The molecule has 1 atom stereocenters. The Morgan fingerprint density at radius 1 is 1.48 bits per heavy atom. The molecule has 0 fully saturated rings. The molecule has 0 aromatic heterocycles. The number of rotatable bonds is 6. The van der Waals surface area contributed by atoms with Crippen LogP contribution in [0.3, 0.4) is 0 Å². The van der Waals surface area contributed by atoms with Gasteiger partial charge in [-0.15, -0.1) is 6.42 Å². The summed E-state index contributed by atoms with van der Waals surface area (Å²) < 4.78 is 10.5. The molecule has 0 saturated carbocycles. The average Bonchev–Trinajstić information content (AvgIpc) is 2.47. The van der Waals surface area contributed by atoms with Crippen LogP contribution in [0, 0.1) is 24.7 Å². The van der Waals surface area contributed by atoms with E-state index in [4.69, 9.17) is 15.9 Å². The van der Waals surface area contributed by atoms with Gasteiger partial charge in [-0.25, -0.2) is 0 Å². The molecule has 0 saturated heterocycles. The SMILES string of the molecule is C#CCOC(c1ccc(C)c(CO)c1)C(C)(C)C(=O)OC. The van der Waals surface area contributed by atoms with Gasteiger partial charge in [0.2, 0.25) is 0 Å². The highest BCUT2D eigenvalue weighted by Gasteiger charge is 2.40. The molecule has 0 aliphatic rings. The molecule has 1 aromatic carbocycles. The van der Waals surface area contributed by atoms with E-state index in [1.165, 1.54) is 7.11 Å². The fraction of sp³-hybridized carbons (Fsp3) is 0.471. The second-order valence-electron chi connectivity index (χ2n) is 5.45. The van der Waals surface area contributed by atoms with Crippen molar-refractivity contribution in [2.24, 2.45) is 5.41 Å². The van der Waals surface area contributed by atoms with Crippen LogP contribution in [0.4, 0.5) is 0 Å². The summed E-state index contributed by atoms with van der Waals surface area (Å²) in [5, 5.41) is 9.39. The minimum absolute atomic E-state index is 0.0693. The van der Waals surface area contributed by atoms with Gasteiger partial charge < -0.3 is 14.6 Å². The van der Waals surface area contributed by atoms with E-state index in [2.05, 4.69) is 5.92 Å². The first-order valence-electron chi connectivity index (χ1n) is 6.72. The van der Waals surface area contributed by atoms with E-state index in [0.29, 0.717) is 0 Å². The Kier molecular flexibility index (Phi) is 5.95. The molecule has 4 nitrogen and oxygen atoms in total. The first-order chi connectivity index (χ1) is 9.88. The van der Waals surface area contributed by atoms with E-state index in [1.807, 2.05) is 25.1 Å². The van der Waals surface area contributed by atoms with Crippen LogP contribution in [-0.2, 0) is 20.9 Å². The van der Waals surface area contributed by atoms with Gasteiger partial charge in [0.1, 0.15) is 6.61 Å². The van der Waals surface area contributed by atoms with E-state index in [0.717, 1.165) is 16.7 Å². The molecule has 0 heterocycles. The first kappa shape index (κ1) is 17.2. The van der Waals surface area contributed by atoms with Crippen molar-refractivity contribution < 1.29 is 19.4 Å². The van der Waals surface area contributed by atoms with Crippen molar-refractivity contribution >= 4 is 5.97 Å². The Hall–Kier alpha value is -1.83. The molecular formula is C17H22O4. The summed E-state index contributed by atoms with van der Waals surface area (Å²) in [6.07, 6.45) is 4.71. The van der Waals surface area contributed by atoms with Gasteiger partial charge >= 0.3 is 5.97 Å². The maximum Gasteiger partial charge on any atom is 0.314 e. The van der Waals surface area contributed by atoms with Gasteiger partial charge in [0, 0.05) is 0 Å². The predicted octanol–water partition coefficient (Wildman–Crippen LogP) is 2.38. The van der Waals surface area contributed by atoms with Crippen LogP contribution in [0.1, 0.15) is 36.6 Å². The highest BCUT2D eigenvalue weighted by atomic mass is 16.5. The zero-order chi connectivity index (χ0) is 16.0. The number of aliphatic hydroxyl groups is 1. The normalized spacial score (nSPS) is 12.6. The lowest BCUT2D eigenvalue weighted by Gasteiger charge is -2.32. The molecule has 1 N–H and O–H groups in total. The van der Waals surface area contributed by atoms with Gasteiger partial charge in [-0.3, -0.25) is 4.79 Å². The molecule has 0 spiro atoms. The molecule has 0 amide bonds. The van der Waals surface area contributed by atoms with E-state index >= 15 is 0 Å². The van der Waals surface area contributed by atoms with Gasteiger partial charge in [0.25, 0.3) is 0 Å². The van der Waals surface area contributed by atoms with Crippen molar-refractivity contribution in [3.63, 3.8) is 0 Å². The molecule has 0 aliphatic heterocycles. The van der Waals surface area contributed by atoms with Crippen molar-refractivity contribution in [2.45, 2.75) is 33.5 Å². The third-order valence-corrected chi connectivity index (χ3v) is 3.55. The maximum atomic E-state index is 12.0. The molecule has 21 heavy (non-hydrogen) atoms. The van der Waals surface area contributed by atoms with Crippen LogP contribution in [0.2, 0.25) is 0 Å². The average molecular weight is 290 g/mol. The first-order valence-corrected chi connectivity index (χ1v) is 6.72. The van der Waals surface area contributed by atoms with Crippen LogP contribution in [0.15, 0.2) is 18.2 Å².